The van der Waals surface area contributed by atoms with Crippen LogP contribution in [0.4, 0.5) is 8.78 Å². The minimum Gasteiger partial charge on any atom is -0.464 e. The van der Waals surface area contributed by atoms with Crippen LogP contribution in [-0.4, -0.2) is 46.4 Å². The first-order chi connectivity index (χ1) is 17.3. The average Bonchev–Trinajstić information content (AvgIpc) is 3.45. The van der Waals surface area contributed by atoms with Crippen LogP contribution in [-0.2, 0) is 24.2 Å². The molecule has 1 aliphatic heterocycles. The number of carbonyl (C=O) groups excluding carboxylic acids is 1. The number of ketones is 1. The van der Waals surface area contributed by atoms with Crippen LogP contribution in [0.25, 0.3) is 11.0 Å². The average molecular weight is 518 g/mol. The predicted molar refractivity (Wildman–Crippen MR) is 135 cm³/mol. The lowest BCUT2D eigenvalue weighted by Crippen LogP contribution is -2.32. The molecule has 194 valence electrons. The van der Waals surface area contributed by atoms with Gasteiger partial charge in [-0.25, -0.2) is 13.8 Å². The van der Waals surface area contributed by atoms with Crippen molar-refractivity contribution >= 4 is 28.1 Å². The number of benzene rings is 1. The van der Waals surface area contributed by atoms with Gasteiger partial charge in [-0.15, -0.1) is 0 Å². The summed E-state index contributed by atoms with van der Waals surface area (Å²) < 4.78 is 36.7. The van der Waals surface area contributed by atoms with Gasteiger partial charge >= 0.3 is 0 Å². The van der Waals surface area contributed by atoms with E-state index in [2.05, 4.69) is 15.0 Å². The molecule has 0 N–H and O–H groups in total. The molecule has 0 spiro atoms. The Kier molecular flexibility index (Phi) is 7.67. The molecule has 1 aliphatic carbocycles. The summed E-state index contributed by atoms with van der Waals surface area (Å²) in [6.07, 6.45) is 7.57. The molecule has 0 unspecified atom stereocenters. The second-order valence-corrected chi connectivity index (χ2v) is 11.5. The zero-order chi connectivity index (χ0) is 25.1. The molecular weight excluding hydrogens is 484 g/mol. The van der Waals surface area contributed by atoms with Crippen molar-refractivity contribution in [2.75, 3.05) is 19.7 Å². The third kappa shape index (κ3) is 6.48. The number of halogens is 2. The number of Topliss-reactive ketones (excluding diaryl/α,β-unsaturated/α-hetero) is 1. The smallest absolute Gasteiger partial charge is 0.278 e. The number of carbonyl (C=O) groups is 1. The van der Waals surface area contributed by atoms with Gasteiger partial charge in [-0.1, -0.05) is 41.5 Å². The summed E-state index contributed by atoms with van der Waals surface area (Å²) in [5.41, 5.74) is 2.45. The molecule has 2 aliphatic rings. The zero-order valence-electron chi connectivity index (χ0n) is 20.7. The Morgan fingerprint density at radius 1 is 1.22 bits per heavy atom. The third-order valence-corrected chi connectivity index (χ3v) is 8.46. The van der Waals surface area contributed by atoms with E-state index < -0.39 is 12.5 Å². The van der Waals surface area contributed by atoms with Crippen LogP contribution in [0.15, 0.2) is 28.8 Å². The predicted octanol–water partition coefficient (Wildman–Crippen LogP) is 6.07. The van der Waals surface area contributed by atoms with Crippen LogP contribution >= 0.6 is 11.3 Å². The molecule has 1 fully saturated rings. The minimum atomic E-state index is -2.85. The normalized spacial score (nSPS) is 21.0. The van der Waals surface area contributed by atoms with Gasteiger partial charge in [-0.05, 0) is 56.2 Å². The third-order valence-electron chi connectivity index (χ3n) is 7.39. The SMILES string of the molecule is CC(F)(F)COc1nc2c(s1)CCN(CCC1CCC(CC(=O)Cc3noc4ccccc34)CC1)C2. The summed E-state index contributed by atoms with van der Waals surface area (Å²) >= 11 is 1.40. The first-order valence-corrected chi connectivity index (χ1v) is 13.7. The lowest BCUT2D eigenvalue weighted by atomic mass is 9.78. The van der Waals surface area contributed by atoms with Gasteiger partial charge in [0.15, 0.2) is 12.2 Å². The van der Waals surface area contributed by atoms with Crippen molar-refractivity contribution in [1.29, 1.82) is 0 Å². The minimum absolute atomic E-state index is 0.246. The van der Waals surface area contributed by atoms with E-state index in [1.165, 1.54) is 24.2 Å². The van der Waals surface area contributed by atoms with E-state index in [1.807, 2.05) is 24.3 Å². The number of fused-ring (bicyclic) bond motifs is 2. The Bertz CT molecular complexity index is 1180. The van der Waals surface area contributed by atoms with Gasteiger partial charge in [-0.3, -0.25) is 9.69 Å². The first-order valence-electron chi connectivity index (χ1n) is 12.9. The molecule has 2 aromatic heterocycles. The molecule has 0 amide bonds. The number of hydrogen-bond acceptors (Lipinski definition) is 7. The van der Waals surface area contributed by atoms with Gasteiger partial charge in [0.1, 0.15) is 5.78 Å². The van der Waals surface area contributed by atoms with Crippen LogP contribution in [0.5, 0.6) is 5.19 Å². The second kappa shape index (κ2) is 10.9. The Labute approximate surface area is 214 Å². The molecule has 0 saturated heterocycles. The van der Waals surface area contributed by atoms with Gasteiger partial charge in [0.2, 0.25) is 0 Å². The Balaban J connectivity index is 1.02. The lowest BCUT2D eigenvalue weighted by Gasteiger charge is -2.31. The highest BCUT2D eigenvalue weighted by atomic mass is 32.1. The number of aromatic nitrogens is 2. The molecule has 0 radical (unpaired) electrons. The Morgan fingerprint density at radius 2 is 2.00 bits per heavy atom. The number of ether oxygens (including phenoxy) is 1. The number of para-hydroxylation sites is 1. The number of rotatable bonds is 10. The van der Waals surface area contributed by atoms with Crippen molar-refractivity contribution < 1.29 is 22.8 Å². The first kappa shape index (κ1) is 25.3. The summed E-state index contributed by atoms with van der Waals surface area (Å²) in [6.45, 7) is 2.98. The molecular formula is C27H33F2N3O3S. The number of thiazole rings is 1. The molecule has 3 aromatic rings. The van der Waals surface area contributed by atoms with E-state index in [-0.39, 0.29) is 5.78 Å². The van der Waals surface area contributed by atoms with E-state index in [0.717, 1.165) is 79.5 Å². The van der Waals surface area contributed by atoms with Crippen LogP contribution in [0, 0.1) is 11.8 Å². The van der Waals surface area contributed by atoms with E-state index >= 15 is 0 Å². The van der Waals surface area contributed by atoms with Crippen molar-refractivity contribution in [2.45, 2.75) is 70.8 Å². The fraction of sp³-hybridized carbons (Fsp3) is 0.593. The second-order valence-electron chi connectivity index (χ2n) is 10.5. The van der Waals surface area contributed by atoms with Crippen molar-refractivity contribution in [3.8, 4) is 5.19 Å². The van der Waals surface area contributed by atoms with Crippen LogP contribution in [0.1, 0.15) is 61.7 Å². The van der Waals surface area contributed by atoms with Crippen molar-refractivity contribution in [1.82, 2.24) is 15.0 Å². The maximum absolute atomic E-state index is 13.1. The van der Waals surface area contributed by atoms with E-state index in [1.54, 1.807) is 0 Å². The summed E-state index contributed by atoms with van der Waals surface area (Å²) in [5, 5.41) is 5.39. The molecule has 3 heterocycles. The van der Waals surface area contributed by atoms with Crippen molar-refractivity contribution in [3.63, 3.8) is 0 Å². The Hall–Kier alpha value is -2.39. The van der Waals surface area contributed by atoms with Crippen LogP contribution < -0.4 is 4.74 Å². The fourth-order valence-corrected chi connectivity index (χ4v) is 6.31. The van der Waals surface area contributed by atoms with E-state index in [9.17, 15) is 13.6 Å². The summed E-state index contributed by atoms with van der Waals surface area (Å²) in [6, 6.07) is 7.68. The molecule has 0 bridgehead atoms. The Morgan fingerprint density at radius 3 is 2.81 bits per heavy atom. The molecule has 1 aromatic carbocycles. The van der Waals surface area contributed by atoms with E-state index in [4.69, 9.17) is 9.26 Å². The maximum atomic E-state index is 13.1. The number of alkyl halides is 2. The van der Waals surface area contributed by atoms with Gasteiger partial charge < -0.3 is 9.26 Å². The van der Waals surface area contributed by atoms with Crippen molar-refractivity contribution in [3.05, 3.63) is 40.5 Å². The molecule has 0 atom stereocenters. The monoisotopic (exact) mass is 517 g/mol. The maximum Gasteiger partial charge on any atom is 0.278 e. The number of hydrogen-bond donors (Lipinski definition) is 0. The highest BCUT2D eigenvalue weighted by Crippen LogP contribution is 2.35. The number of nitrogens with zero attached hydrogens (tertiary/aromatic N) is 3. The highest BCUT2D eigenvalue weighted by molar-refractivity contribution is 7.13. The molecule has 6 nitrogen and oxygen atoms in total. The van der Waals surface area contributed by atoms with Crippen molar-refractivity contribution in [2.24, 2.45) is 11.8 Å². The van der Waals surface area contributed by atoms with Gasteiger partial charge in [0.05, 0.1) is 17.8 Å². The summed E-state index contributed by atoms with van der Waals surface area (Å²) in [7, 11) is 0. The summed E-state index contributed by atoms with van der Waals surface area (Å²) in [5.74, 6) is -1.45. The van der Waals surface area contributed by atoms with Crippen LogP contribution in [0.2, 0.25) is 0 Å². The van der Waals surface area contributed by atoms with Gasteiger partial charge in [-0.2, -0.15) is 0 Å². The van der Waals surface area contributed by atoms with Gasteiger partial charge in [0.25, 0.3) is 11.1 Å². The fourth-order valence-electron chi connectivity index (χ4n) is 5.41. The molecule has 5 rings (SSSR count). The largest absolute Gasteiger partial charge is 0.464 e. The van der Waals surface area contributed by atoms with Gasteiger partial charge in [0, 0.05) is 36.7 Å². The van der Waals surface area contributed by atoms with E-state index in [0.29, 0.717) is 29.9 Å². The molecule has 36 heavy (non-hydrogen) atoms. The highest BCUT2D eigenvalue weighted by Gasteiger charge is 2.27. The van der Waals surface area contributed by atoms with Crippen LogP contribution in [0.3, 0.4) is 0 Å². The lowest BCUT2D eigenvalue weighted by molar-refractivity contribution is -0.119. The topological polar surface area (TPSA) is 68.5 Å². The summed E-state index contributed by atoms with van der Waals surface area (Å²) in [4.78, 5) is 20.7. The molecule has 1 saturated carbocycles. The zero-order valence-corrected chi connectivity index (χ0v) is 21.5. The quantitative estimate of drug-likeness (QED) is 0.325. The molecule has 9 heteroatoms. The standard InChI is InChI=1S/C27H33F2N3O3S/c1-27(28,29)17-34-26-30-23-16-32(13-11-25(23)36-26)12-10-18-6-8-19(9-7-18)14-20(33)15-22-21-4-2-3-5-24(21)35-31-22/h2-5,18-19H,6-17H2,1H3.